The molecule has 0 radical (unpaired) electrons. The van der Waals surface area contributed by atoms with Crippen LogP contribution >= 0.6 is 11.6 Å². The second kappa shape index (κ2) is 6.07. The summed E-state index contributed by atoms with van der Waals surface area (Å²) >= 11 is 6.01. The molecule has 0 unspecified atom stereocenters. The topological polar surface area (TPSA) is 48.5 Å². The van der Waals surface area contributed by atoms with Crippen molar-refractivity contribution in [1.29, 1.82) is 0 Å². The number of pyridine rings is 1. The summed E-state index contributed by atoms with van der Waals surface area (Å²) in [6, 6.07) is 9.84. The van der Waals surface area contributed by atoms with Gasteiger partial charge in [-0.05, 0) is 24.3 Å². The number of piperazine rings is 2. The molecule has 5 nitrogen and oxygen atoms in total. The summed E-state index contributed by atoms with van der Waals surface area (Å²) in [7, 11) is 0. The molecule has 2 fully saturated rings. The third kappa shape index (κ3) is 3.04. The molecule has 2 aromatic rings. The Kier molecular flexibility index (Phi) is 3.93. The standard InChI is InChI=1S/C17H19ClN4O/c18-13-2-4-15-12(9-13)1-3-14(20-15)10-21-7-8-22-6-5-19-17(23)16(22)11-21/h1-4,9,16H,5-8,10-11H2,(H,19,23)/t16-/m1/s1. The number of aromatic nitrogens is 1. The molecule has 6 heteroatoms. The zero-order valence-corrected chi connectivity index (χ0v) is 13.6. The number of hydrogen-bond acceptors (Lipinski definition) is 4. The molecule has 2 aliphatic heterocycles. The Morgan fingerprint density at radius 1 is 1.22 bits per heavy atom. The van der Waals surface area contributed by atoms with Gasteiger partial charge in [0.2, 0.25) is 5.91 Å². The fraction of sp³-hybridized carbons (Fsp3) is 0.412. The van der Waals surface area contributed by atoms with E-state index in [0.717, 1.165) is 60.9 Å². The quantitative estimate of drug-likeness (QED) is 0.906. The first-order chi connectivity index (χ1) is 11.2. The van der Waals surface area contributed by atoms with Gasteiger partial charge in [0.15, 0.2) is 0 Å². The zero-order valence-electron chi connectivity index (χ0n) is 12.8. The third-order valence-corrected chi connectivity index (χ3v) is 4.91. The van der Waals surface area contributed by atoms with Crippen molar-refractivity contribution in [2.75, 3.05) is 32.7 Å². The van der Waals surface area contributed by atoms with Crippen molar-refractivity contribution in [1.82, 2.24) is 20.1 Å². The van der Waals surface area contributed by atoms with Crippen LogP contribution in [-0.4, -0.2) is 59.5 Å². The molecule has 4 rings (SSSR count). The molecule has 0 bridgehead atoms. The van der Waals surface area contributed by atoms with Crippen molar-refractivity contribution >= 4 is 28.4 Å². The lowest BCUT2D eigenvalue weighted by molar-refractivity contribution is -0.132. The van der Waals surface area contributed by atoms with Gasteiger partial charge in [-0.25, -0.2) is 0 Å². The molecule has 1 N–H and O–H groups in total. The maximum Gasteiger partial charge on any atom is 0.238 e. The minimum atomic E-state index is -0.0169. The number of rotatable bonds is 2. The number of halogens is 1. The number of nitrogens with one attached hydrogen (secondary N) is 1. The lowest BCUT2D eigenvalue weighted by Crippen LogP contribution is -2.63. The van der Waals surface area contributed by atoms with Crippen LogP contribution < -0.4 is 5.32 Å². The van der Waals surface area contributed by atoms with E-state index in [9.17, 15) is 4.79 Å². The van der Waals surface area contributed by atoms with Gasteiger partial charge in [-0.15, -0.1) is 0 Å². The van der Waals surface area contributed by atoms with E-state index in [-0.39, 0.29) is 11.9 Å². The minimum absolute atomic E-state index is 0.0169. The van der Waals surface area contributed by atoms with Gasteiger partial charge in [-0.3, -0.25) is 19.6 Å². The van der Waals surface area contributed by atoms with Gasteiger partial charge in [-0.2, -0.15) is 0 Å². The molecule has 2 saturated heterocycles. The van der Waals surface area contributed by atoms with E-state index in [2.05, 4.69) is 21.2 Å². The highest BCUT2D eigenvalue weighted by Crippen LogP contribution is 2.20. The molecule has 0 saturated carbocycles. The van der Waals surface area contributed by atoms with Gasteiger partial charge < -0.3 is 5.32 Å². The normalized spacial score (nSPS) is 22.8. The van der Waals surface area contributed by atoms with Gasteiger partial charge in [-0.1, -0.05) is 17.7 Å². The largest absolute Gasteiger partial charge is 0.353 e. The number of fused-ring (bicyclic) bond motifs is 2. The van der Waals surface area contributed by atoms with E-state index >= 15 is 0 Å². The van der Waals surface area contributed by atoms with E-state index in [0.29, 0.717) is 0 Å². The van der Waals surface area contributed by atoms with Gasteiger partial charge in [0.05, 0.1) is 11.2 Å². The summed E-state index contributed by atoms with van der Waals surface area (Å²) in [5, 5.41) is 4.74. The number of carbonyl (C=O) groups is 1. The summed E-state index contributed by atoms with van der Waals surface area (Å²) in [5.74, 6) is 0.155. The Balaban J connectivity index is 1.49. The molecular weight excluding hydrogens is 312 g/mol. The lowest BCUT2D eigenvalue weighted by atomic mass is 10.1. The van der Waals surface area contributed by atoms with Gasteiger partial charge in [0.25, 0.3) is 0 Å². The second-order valence-electron chi connectivity index (χ2n) is 6.22. The SMILES string of the molecule is O=C1NCCN2CCN(Cc3ccc4cc(Cl)ccc4n3)C[C@H]12. The van der Waals surface area contributed by atoms with Crippen molar-refractivity contribution in [3.8, 4) is 0 Å². The molecule has 0 aliphatic carbocycles. The maximum absolute atomic E-state index is 12.0. The van der Waals surface area contributed by atoms with Crippen LogP contribution in [0.5, 0.6) is 0 Å². The summed E-state index contributed by atoms with van der Waals surface area (Å²) in [5.41, 5.74) is 1.99. The number of benzene rings is 1. The van der Waals surface area contributed by atoms with E-state index in [1.54, 1.807) is 0 Å². The van der Waals surface area contributed by atoms with Crippen LogP contribution in [0.25, 0.3) is 10.9 Å². The number of hydrogen-bond donors (Lipinski definition) is 1. The average Bonchev–Trinajstić information content (AvgIpc) is 2.56. The van der Waals surface area contributed by atoms with E-state index < -0.39 is 0 Å². The van der Waals surface area contributed by atoms with Crippen molar-refractivity contribution in [3.05, 3.63) is 41.0 Å². The van der Waals surface area contributed by atoms with Crippen LogP contribution in [0.3, 0.4) is 0 Å². The Morgan fingerprint density at radius 2 is 2.13 bits per heavy atom. The van der Waals surface area contributed by atoms with Crippen LogP contribution in [0.15, 0.2) is 30.3 Å². The molecule has 2 aliphatic rings. The van der Waals surface area contributed by atoms with Crippen LogP contribution in [0.4, 0.5) is 0 Å². The third-order valence-electron chi connectivity index (χ3n) is 4.67. The van der Waals surface area contributed by atoms with Crippen LogP contribution in [0, 0.1) is 0 Å². The summed E-state index contributed by atoms with van der Waals surface area (Å²) in [6.07, 6.45) is 0. The predicted molar refractivity (Wildman–Crippen MR) is 90.4 cm³/mol. The fourth-order valence-corrected chi connectivity index (χ4v) is 3.61. The zero-order chi connectivity index (χ0) is 15.8. The van der Waals surface area contributed by atoms with Crippen molar-refractivity contribution in [2.24, 2.45) is 0 Å². The van der Waals surface area contributed by atoms with E-state index in [1.807, 2.05) is 24.3 Å². The van der Waals surface area contributed by atoms with Gasteiger partial charge in [0.1, 0.15) is 6.04 Å². The smallest absolute Gasteiger partial charge is 0.238 e. The highest BCUT2D eigenvalue weighted by molar-refractivity contribution is 6.31. The fourth-order valence-electron chi connectivity index (χ4n) is 3.43. The number of nitrogens with zero attached hydrogens (tertiary/aromatic N) is 3. The van der Waals surface area contributed by atoms with Crippen molar-refractivity contribution < 1.29 is 4.79 Å². The first-order valence-electron chi connectivity index (χ1n) is 7.98. The predicted octanol–water partition coefficient (Wildman–Crippen LogP) is 1.50. The highest BCUT2D eigenvalue weighted by atomic mass is 35.5. The average molecular weight is 331 g/mol. The Morgan fingerprint density at radius 3 is 3.04 bits per heavy atom. The number of amides is 1. The van der Waals surface area contributed by atoms with Crippen LogP contribution in [0.2, 0.25) is 5.02 Å². The number of carbonyl (C=O) groups excluding carboxylic acids is 1. The molecular formula is C17H19ClN4O. The molecule has 23 heavy (non-hydrogen) atoms. The second-order valence-corrected chi connectivity index (χ2v) is 6.65. The monoisotopic (exact) mass is 330 g/mol. The van der Waals surface area contributed by atoms with Gasteiger partial charge >= 0.3 is 0 Å². The van der Waals surface area contributed by atoms with Gasteiger partial charge in [0, 0.05) is 49.7 Å². The summed E-state index contributed by atoms with van der Waals surface area (Å²) < 4.78 is 0. The first-order valence-corrected chi connectivity index (χ1v) is 8.36. The van der Waals surface area contributed by atoms with Crippen LogP contribution in [0.1, 0.15) is 5.69 Å². The highest BCUT2D eigenvalue weighted by Gasteiger charge is 2.34. The molecule has 1 amide bonds. The molecule has 1 aromatic carbocycles. The Hall–Kier alpha value is -1.69. The van der Waals surface area contributed by atoms with E-state index in [4.69, 9.17) is 16.6 Å². The molecule has 1 aromatic heterocycles. The molecule has 1 atom stereocenters. The van der Waals surface area contributed by atoms with Crippen molar-refractivity contribution in [3.63, 3.8) is 0 Å². The molecule has 3 heterocycles. The minimum Gasteiger partial charge on any atom is -0.353 e. The Labute approximate surface area is 140 Å². The van der Waals surface area contributed by atoms with Crippen molar-refractivity contribution in [2.45, 2.75) is 12.6 Å². The van der Waals surface area contributed by atoms with Crippen LogP contribution in [-0.2, 0) is 11.3 Å². The molecule has 120 valence electrons. The maximum atomic E-state index is 12.0. The Bertz CT molecular complexity index is 750. The first kappa shape index (κ1) is 14.9. The molecule has 0 spiro atoms. The summed E-state index contributed by atoms with van der Waals surface area (Å²) in [4.78, 5) is 21.3. The lowest BCUT2D eigenvalue weighted by Gasteiger charge is -2.42. The summed E-state index contributed by atoms with van der Waals surface area (Å²) in [6.45, 7) is 5.19. The van der Waals surface area contributed by atoms with E-state index in [1.165, 1.54) is 0 Å².